The first-order valence-electron chi connectivity index (χ1n) is 9.63. The Morgan fingerprint density at radius 1 is 1.17 bits per heavy atom. The predicted octanol–water partition coefficient (Wildman–Crippen LogP) is 2.45. The van der Waals surface area contributed by atoms with Gasteiger partial charge in [-0.3, -0.25) is 4.79 Å². The van der Waals surface area contributed by atoms with E-state index in [2.05, 4.69) is 9.71 Å². The summed E-state index contributed by atoms with van der Waals surface area (Å²) >= 11 is 0. The molecule has 1 unspecified atom stereocenters. The average Bonchev–Trinajstić information content (AvgIpc) is 3.24. The summed E-state index contributed by atoms with van der Waals surface area (Å²) in [5.41, 5.74) is 0.159. The van der Waals surface area contributed by atoms with E-state index in [1.165, 1.54) is 10.6 Å². The van der Waals surface area contributed by atoms with Gasteiger partial charge >= 0.3 is 0 Å². The molecule has 1 atom stereocenters. The van der Waals surface area contributed by atoms with E-state index in [1.54, 1.807) is 42.5 Å². The van der Waals surface area contributed by atoms with Crippen molar-refractivity contribution in [1.82, 2.24) is 4.57 Å². The number of hydrogen-bond donors (Lipinski definition) is 2. The second kappa shape index (κ2) is 6.96. The minimum Gasteiger partial charge on any atom is -0.506 e. The Morgan fingerprint density at radius 3 is 2.73 bits per heavy atom. The SMILES string of the molecule is O=c1c(C2=NS(=O)(=O)c3ccccc3N2)c(O)c2ccccc2n1CC1CCCO1. The van der Waals surface area contributed by atoms with Gasteiger partial charge in [0, 0.05) is 12.0 Å². The number of sulfonamides is 1. The number of benzene rings is 2. The smallest absolute Gasteiger partial charge is 0.286 e. The molecule has 0 spiro atoms. The largest absolute Gasteiger partial charge is 0.506 e. The van der Waals surface area contributed by atoms with Gasteiger partial charge < -0.3 is 19.7 Å². The molecule has 2 N–H and O–H groups in total. The van der Waals surface area contributed by atoms with Crippen LogP contribution in [0.15, 0.2) is 62.6 Å². The summed E-state index contributed by atoms with van der Waals surface area (Å²) < 4.78 is 36.4. The first kappa shape index (κ1) is 18.8. The highest BCUT2D eigenvalue weighted by molar-refractivity contribution is 7.90. The molecule has 154 valence electrons. The standard InChI is InChI=1S/C21H19N3O5S/c25-19-14-7-1-3-9-16(14)24(12-13-6-5-11-29-13)21(26)18(19)20-22-15-8-2-4-10-17(15)30(27,28)23-20/h1-4,7-10,13,25H,5-6,11-12H2,(H,22,23). The molecule has 2 aromatic carbocycles. The Hall–Kier alpha value is -3.17. The molecule has 0 bridgehead atoms. The summed E-state index contributed by atoms with van der Waals surface area (Å²) in [4.78, 5) is 13.5. The van der Waals surface area contributed by atoms with Crippen LogP contribution in [-0.2, 0) is 21.3 Å². The van der Waals surface area contributed by atoms with E-state index in [0.29, 0.717) is 29.7 Å². The maximum Gasteiger partial charge on any atom is 0.286 e. The number of amidine groups is 1. The highest BCUT2D eigenvalue weighted by Crippen LogP contribution is 2.32. The van der Waals surface area contributed by atoms with Crippen LogP contribution in [0.25, 0.3) is 10.9 Å². The number of ether oxygens (including phenoxy) is 1. The number of nitrogens with zero attached hydrogens (tertiary/aromatic N) is 2. The van der Waals surface area contributed by atoms with Crippen LogP contribution in [0.3, 0.4) is 0 Å². The van der Waals surface area contributed by atoms with Gasteiger partial charge in [-0.1, -0.05) is 24.3 Å². The van der Waals surface area contributed by atoms with Crippen molar-refractivity contribution in [3.8, 4) is 5.75 Å². The van der Waals surface area contributed by atoms with Crippen molar-refractivity contribution in [3.63, 3.8) is 0 Å². The highest BCUT2D eigenvalue weighted by atomic mass is 32.2. The molecule has 1 saturated heterocycles. The molecule has 9 heteroatoms. The Kier molecular flexibility index (Phi) is 4.37. The number of para-hydroxylation sites is 2. The molecule has 0 radical (unpaired) electrons. The predicted molar refractivity (Wildman–Crippen MR) is 113 cm³/mol. The van der Waals surface area contributed by atoms with Crippen molar-refractivity contribution in [2.75, 3.05) is 11.9 Å². The minimum atomic E-state index is -4.02. The van der Waals surface area contributed by atoms with Crippen molar-refractivity contribution in [1.29, 1.82) is 0 Å². The van der Waals surface area contributed by atoms with Crippen molar-refractivity contribution < 1.29 is 18.3 Å². The lowest BCUT2D eigenvalue weighted by Crippen LogP contribution is -2.34. The van der Waals surface area contributed by atoms with Gasteiger partial charge in [0.1, 0.15) is 16.2 Å². The van der Waals surface area contributed by atoms with Crippen LogP contribution >= 0.6 is 0 Å². The molecule has 1 aromatic heterocycles. The fraction of sp³-hybridized carbons (Fsp3) is 0.238. The van der Waals surface area contributed by atoms with Gasteiger partial charge in [0.25, 0.3) is 15.6 Å². The van der Waals surface area contributed by atoms with Crippen LogP contribution in [0.5, 0.6) is 5.75 Å². The molecular formula is C21H19N3O5S. The maximum absolute atomic E-state index is 13.4. The Morgan fingerprint density at radius 2 is 1.93 bits per heavy atom. The van der Waals surface area contributed by atoms with Gasteiger partial charge in [-0.05, 0) is 37.1 Å². The Bertz CT molecular complexity index is 1350. The zero-order valence-corrected chi connectivity index (χ0v) is 16.7. The topological polar surface area (TPSA) is 110 Å². The quantitative estimate of drug-likeness (QED) is 0.667. The summed E-state index contributed by atoms with van der Waals surface area (Å²) in [6.45, 7) is 0.953. The van der Waals surface area contributed by atoms with Crippen LogP contribution in [-0.4, -0.2) is 36.6 Å². The van der Waals surface area contributed by atoms with E-state index in [9.17, 15) is 18.3 Å². The number of rotatable bonds is 3. The lowest BCUT2D eigenvalue weighted by Gasteiger charge is -2.21. The molecule has 1 fully saturated rings. The fourth-order valence-corrected chi connectivity index (χ4v) is 5.12. The van der Waals surface area contributed by atoms with E-state index < -0.39 is 15.6 Å². The summed E-state index contributed by atoms with van der Waals surface area (Å²) in [7, 11) is -4.02. The van der Waals surface area contributed by atoms with Gasteiger partial charge in [0.05, 0.1) is 23.9 Å². The second-order valence-corrected chi connectivity index (χ2v) is 8.90. The van der Waals surface area contributed by atoms with E-state index in [-0.39, 0.29) is 28.1 Å². The number of pyridine rings is 1. The number of anilines is 1. The molecule has 0 saturated carbocycles. The fourth-order valence-electron chi connectivity index (χ4n) is 4.00. The lowest BCUT2D eigenvalue weighted by molar-refractivity contribution is 0.0972. The number of aromatic hydroxyl groups is 1. The zero-order chi connectivity index (χ0) is 20.9. The number of hydrogen-bond acceptors (Lipinski definition) is 6. The average molecular weight is 425 g/mol. The lowest BCUT2D eigenvalue weighted by atomic mass is 10.1. The first-order valence-corrected chi connectivity index (χ1v) is 11.1. The van der Waals surface area contributed by atoms with Crippen LogP contribution in [0.4, 0.5) is 5.69 Å². The molecule has 2 aliphatic rings. The molecular weight excluding hydrogens is 406 g/mol. The maximum atomic E-state index is 13.4. The summed E-state index contributed by atoms with van der Waals surface area (Å²) in [6, 6.07) is 13.3. The Labute approximate surface area is 172 Å². The minimum absolute atomic E-state index is 0.0220. The van der Waals surface area contributed by atoms with Crippen LogP contribution < -0.4 is 10.9 Å². The van der Waals surface area contributed by atoms with Crippen LogP contribution in [0.2, 0.25) is 0 Å². The van der Waals surface area contributed by atoms with Gasteiger partial charge in [0.15, 0.2) is 5.84 Å². The highest BCUT2D eigenvalue weighted by Gasteiger charge is 2.30. The third kappa shape index (κ3) is 2.98. The summed E-state index contributed by atoms with van der Waals surface area (Å²) in [6.07, 6.45) is 1.64. The molecule has 3 aromatic rings. The van der Waals surface area contributed by atoms with Crippen LogP contribution in [0, 0.1) is 0 Å². The Balaban J connectivity index is 1.74. The summed E-state index contributed by atoms with van der Waals surface area (Å²) in [5, 5.41) is 14.3. The monoisotopic (exact) mass is 425 g/mol. The van der Waals surface area contributed by atoms with Crippen LogP contribution in [0.1, 0.15) is 18.4 Å². The zero-order valence-electron chi connectivity index (χ0n) is 15.9. The van der Waals surface area contributed by atoms with Gasteiger partial charge in [-0.25, -0.2) is 0 Å². The van der Waals surface area contributed by atoms with Crippen molar-refractivity contribution in [2.24, 2.45) is 4.40 Å². The van der Waals surface area contributed by atoms with Gasteiger partial charge in [-0.2, -0.15) is 8.42 Å². The van der Waals surface area contributed by atoms with E-state index in [4.69, 9.17) is 4.74 Å². The van der Waals surface area contributed by atoms with Gasteiger partial charge in [0.2, 0.25) is 0 Å². The van der Waals surface area contributed by atoms with Crippen molar-refractivity contribution in [3.05, 3.63) is 64.4 Å². The molecule has 8 nitrogen and oxygen atoms in total. The molecule has 30 heavy (non-hydrogen) atoms. The van der Waals surface area contributed by atoms with E-state index in [0.717, 1.165) is 12.8 Å². The molecule has 3 heterocycles. The van der Waals surface area contributed by atoms with E-state index >= 15 is 0 Å². The third-order valence-electron chi connectivity index (χ3n) is 5.42. The molecule has 0 aliphatic carbocycles. The summed E-state index contributed by atoms with van der Waals surface area (Å²) in [5.74, 6) is -0.497. The second-order valence-electron chi connectivity index (χ2n) is 7.33. The molecule has 2 aliphatic heterocycles. The first-order chi connectivity index (χ1) is 14.5. The normalized spacial score (nSPS) is 19.9. The molecule has 0 amide bonds. The number of nitrogens with one attached hydrogen (secondary N) is 1. The molecule has 5 rings (SSSR count). The van der Waals surface area contributed by atoms with Gasteiger partial charge in [-0.15, -0.1) is 4.40 Å². The number of aromatic nitrogens is 1. The van der Waals surface area contributed by atoms with E-state index in [1.807, 2.05) is 0 Å². The van der Waals surface area contributed by atoms with Crippen molar-refractivity contribution >= 4 is 32.4 Å². The van der Waals surface area contributed by atoms with Crippen molar-refractivity contribution in [2.45, 2.75) is 30.4 Å². The number of fused-ring (bicyclic) bond motifs is 2. The third-order valence-corrected chi connectivity index (χ3v) is 6.76.